The summed E-state index contributed by atoms with van der Waals surface area (Å²) < 4.78 is 24.6. The van der Waals surface area contributed by atoms with Gasteiger partial charge in [-0.05, 0) is 65.2 Å². The largest absolute Gasteiger partial charge is 0.457 e. The molecule has 4 aliphatic heterocycles. The Morgan fingerprint density at radius 3 is 2.71 bits per heavy atom. The van der Waals surface area contributed by atoms with Gasteiger partial charge in [0.2, 0.25) is 0 Å². The number of carbonyl (C=O) groups excluding carboxylic acids is 2. The highest BCUT2D eigenvalue weighted by molar-refractivity contribution is 5.84. The number of carbonyl (C=O) groups is 2. The van der Waals surface area contributed by atoms with Crippen LogP contribution < -0.4 is 11.1 Å². The molecule has 1 saturated carbocycles. The number of quaternary nitrogens is 1. The predicted molar refractivity (Wildman–Crippen MR) is 136 cm³/mol. The van der Waals surface area contributed by atoms with Crippen molar-refractivity contribution in [1.29, 1.82) is 0 Å². The van der Waals surface area contributed by atoms with Crippen molar-refractivity contribution in [3.63, 3.8) is 0 Å². The number of hydrogen-bond acceptors (Lipinski definition) is 9. The number of rotatable bonds is 8. The minimum atomic E-state index is -1.04. The molecule has 38 heavy (non-hydrogen) atoms. The van der Waals surface area contributed by atoms with E-state index >= 15 is 0 Å². The zero-order valence-electron chi connectivity index (χ0n) is 23.1. The Bertz CT molecular complexity index is 885. The fourth-order valence-electron chi connectivity index (χ4n) is 7.55. The van der Waals surface area contributed by atoms with Crippen molar-refractivity contribution in [3.8, 4) is 0 Å². The molecule has 216 valence electrons. The van der Waals surface area contributed by atoms with E-state index in [0.29, 0.717) is 38.0 Å². The van der Waals surface area contributed by atoms with Crippen LogP contribution in [0.15, 0.2) is 0 Å². The molecule has 5 rings (SSSR count). The fourth-order valence-corrected chi connectivity index (χ4v) is 7.55. The quantitative estimate of drug-likeness (QED) is 0.249. The first kappa shape index (κ1) is 28.4. The fraction of sp³-hybridized carbons (Fsp3) is 0.929. The molecule has 11 atom stereocenters. The molecule has 1 aliphatic carbocycles. The van der Waals surface area contributed by atoms with Gasteiger partial charge in [-0.2, -0.15) is 0 Å². The van der Waals surface area contributed by atoms with E-state index in [0.717, 1.165) is 32.2 Å². The lowest BCUT2D eigenvalue weighted by Gasteiger charge is -2.53. The maximum atomic E-state index is 13.6. The Kier molecular flexibility index (Phi) is 8.24. The molecule has 0 aromatic carbocycles. The summed E-state index contributed by atoms with van der Waals surface area (Å²) in [5, 5.41) is 22.9. The minimum Gasteiger partial charge on any atom is -0.457 e. The molecule has 0 radical (unpaired) electrons. The highest BCUT2D eigenvalue weighted by Crippen LogP contribution is 2.49. The Hall–Kier alpha value is -1.14. The van der Waals surface area contributed by atoms with Crippen LogP contribution in [0.4, 0.5) is 0 Å². The molecule has 10 heteroatoms. The second-order valence-corrected chi connectivity index (χ2v) is 12.9. The molecular weight excluding hydrogens is 492 g/mol. The third-order valence-electron chi connectivity index (χ3n) is 9.74. The van der Waals surface area contributed by atoms with Gasteiger partial charge in [0.1, 0.15) is 18.1 Å². The van der Waals surface area contributed by atoms with E-state index in [9.17, 15) is 19.8 Å². The second-order valence-electron chi connectivity index (χ2n) is 12.9. The standard InChI is InChI=1S/C28H46N2O8/c1-15-11-18(32)24-20(35-15)14-19-17(25(24)33)13-22(27(2,3)37-19)36-26(34)28(8-4-10-31)21(38-28)6-5-16-7-9-30-23(29)12-16/h15-17,19-25,30-31,33H,4-14,29H2,1-3H3/p+1/t15?,16?,17?,19?,20?,21-,22-,23?,24?,25?,28+/m1/s1. The molecular formula is C28H47N2O8+. The summed E-state index contributed by atoms with van der Waals surface area (Å²) >= 11 is 0. The van der Waals surface area contributed by atoms with Crippen molar-refractivity contribution in [2.75, 3.05) is 13.2 Å². The van der Waals surface area contributed by atoms with E-state index < -0.39 is 35.3 Å². The van der Waals surface area contributed by atoms with Crippen molar-refractivity contribution in [2.24, 2.45) is 23.5 Å². The number of epoxide rings is 1. The molecule has 10 nitrogen and oxygen atoms in total. The van der Waals surface area contributed by atoms with Crippen LogP contribution in [0.25, 0.3) is 0 Å². The Balaban J connectivity index is 1.24. The summed E-state index contributed by atoms with van der Waals surface area (Å²) in [4.78, 5) is 26.4. The van der Waals surface area contributed by atoms with Gasteiger partial charge in [-0.1, -0.05) is 0 Å². The van der Waals surface area contributed by atoms with Crippen LogP contribution in [-0.2, 0) is 28.5 Å². The van der Waals surface area contributed by atoms with E-state index in [1.54, 1.807) is 0 Å². The van der Waals surface area contributed by atoms with Crippen LogP contribution in [0.3, 0.4) is 0 Å². The van der Waals surface area contributed by atoms with Crippen LogP contribution in [0, 0.1) is 17.8 Å². The van der Waals surface area contributed by atoms with Crippen molar-refractivity contribution in [3.05, 3.63) is 0 Å². The lowest BCUT2D eigenvalue weighted by molar-refractivity contribution is -0.699. The third-order valence-corrected chi connectivity index (χ3v) is 9.74. The number of piperidine rings is 1. The zero-order chi connectivity index (χ0) is 27.2. The molecule has 0 amide bonds. The Morgan fingerprint density at radius 2 is 1.97 bits per heavy atom. The number of ketones is 1. The molecule has 0 spiro atoms. The van der Waals surface area contributed by atoms with Crippen molar-refractivity contribution < 1.29 is 44.1 Å². The number of esters is 1. The number of aliphatic hydroxyl groups excluding tert-OH is 2. The topological polar surface area (TPSA) is 157 Å². The minimum absolute atomic E-state index is 0.0241. The van der Waals surface area contributed by atoms with Gasteiger partial charge in [0.25, 0.3) is 0 Å². The van der Waals surface area contributed by atoms with E-state index in [2.05, 4.69) is 5.32 Å². The molecule has 0 bridgehead atoms. The van der Waals surface area contributed by atoms with Gasteiger partial charge in [-0.25, -0.2) is 4.79 Å². The molecule has 5 fully saturated rings. The van der Waals surface area contributed by atoms with Crippen LogP contribution in [0.2, 0.25) is 0 Å². The molecule has 0 aromatic rings. The number of nitrogens with two attached hydrogens (primary N) is 2. The maximum Gasteiger partial charge on any atom is 0.341 e. The first-order valence-corrected chi connectivity index (χ1v) is 14.7. The van der Waals surface area contributed by atoms with Crippen molar-refractivity contribution >= 4 is 11.8 Å². The first-order valence-electron chi connectivity index (χ1n) is 14.7. The van der Waals surface area contributed by atoms with Crippen molar-refractivity contribution in [1.82, 2.24) is 0 Å². The van der Waals surface area contributed by atoms with Crippen LogP contribution in [-0.4, -0.2) is 89.1 Å². The molecule has 5 aliphatic rings. The highest BCUT2D eigenvalue weighted by Gasteiger charge is 2.64. The molecule has 0 aromatic heterocycles. The Labute approximate surface area is 225 Å². The summed E-state index contributed by atoms with van der Waals surface area (Å²) in [5.74, 6) is -0.740. The highest BCUT2D eigenvalue weighted by atomic mass is 16.7. The van der Waals surface area contributed by atoms with Crippen LogP contribution in [0.1, 0.15) is 78.6 Å². The molecule has 4 saturated heterocycles. The van der Waals surface area contributed by atoms with E-state index in [-0.39, 0.29) is 48.9 Å². The van der Waals surface area contributed by atoms with Gasteiger partial charge in [-0.3, -0.25) is 10.5 Å². The van der Waals surface area contributed by atoms with Gasteiger partial charge in [0.05, 0.1) is 48.6 Å². The smallest absolute Gasteiger partial charge is 0.341 e. The van der Waals surface area contributed by atoms with Crippen molar-refractivity contribution in [2.45, 2.75) is 133 Å². The first-order chi connectivity index (χ1) is 18.0. The number of hydrogen-bond donors (Lipinski definition) is 4. The summed E-state index contributed by atoms with van der Waals surface area (Å²) in [5.41, 5.74) is 4.29. The van der Waals surface area contributed by atoms with Crippen LogP contribution in [0.5, 0.6) is 0 Å². The second kappa shape index (κ2) is 11.0. The van der Waals surface area contributed by atoms with Gasteiger partial charge >= 0.3 is 5.97 Å². The maximum absolute atomic E-state index is 13.6. The SMILES string of the molecule is CC1CC(=O)C2C(CC3OC(C)(C)[C@H](OC(=O)[C@@]4(CCCO)O[C@@H]4CCC4CC[NH2+]C(N)C4)CC3C2O)O1. The van der Waals surface area contributed by atoms with Crippen LogP contribution >= 0.6 is 0 Å². The number of Topliss-reactive ketones (excluding diaryl/α,β-unsaturated/α-hetero) is 1. The van der Waals surface area contributed by atoms with Gasteiger partial charge in [-0.15, -0.1) is 0 Å². The van der Waals surface area contributed by atoms with Gasteiger partial charge in [0, 0.05) is 31.8 Å². The number of ether oxygens (including phenoxy) is 4. The van der Waals surface area contributed by atoms with E-state index in [4.69, 9.17) is 24.7 Å². The Morgan fingerprint density at radius 1 is 1.18 bits per heavy atom. The number of aliphatic hydroxyl groups is 2. The monoisotopic (exact) mass is 539 g/mol. The third kappa shape index (κ3) is 5.55. The lowest BCUT2D eigenvalue weighted by atomic mass is 9.67. The average Bonchev–Trinajstić information content (AvgIpc) is 3.56. The normalized spacial score (nSPS) is 46.1. The average molecular weight is 540 g/mol. The summed E-state index contributed by atoms with van der Waals surface area (Å²) in [6.45, 7) is 6.70. The van der Waals surface area contributed by atoms with Gasteiger partial charge in [0.15, 0.2) is 5.60 Å². The molecule has 4 heterocycles. The predicted octanol–water partition coefficient (Wildman–Crippen LogP) is 0.158. The number of fused-ring (bicyclic) bond motifs is 2. The van der Waals surface area contributed by atoms with E-state index in [1.165, 1.54) is 0 Å². The molecule has 6 N–H and O–H groups in total. The molecule has 8 unspecified atom stereocenters. The summed E-state index contributed by atoms with van der Waals surface area (Å²) in [6.07, 6.45) is 3.53. The van der Waals surface area contributed by atoms with E-state index in [1.807, 2.05) is 20.8 Å². The summed E-state index contributed by atoms with van der Waals surface area (Å²) in [6, 6.07) is 0. The zero-order valence-corrected chi connectivity index (χ0v) is 23.1. The summed E-state index contributed by atoms with van der Waals surface area (Å²) in [7, 11) is 0. The van der Waals surface area contributed by atoms with Gasteiger partial charge < -0.3 is 34.5 Å². The lowest BCUT2D eigenvalue weighted by Crippen LogP contribution is -2.94.